The maximum absolute atomic E-state index is 9.56. The minimum absolute atomic E-state index is 0.184. The van der Waals surface area contributed by atoms with Crippen LogP contribution >= 0.6 is 27.7 Å². The van der Waals surface area contributed by atoms with E-state index in [1.165, 1.54) is 11.8 Å². The fourth-order valence-electron chi connectivity index (χ4n) is 2.02. The van der Waals surface area contributed by atoms with E-state index >= 15 is 0 Å². The van der Waals surface area contributed by atoms with Crippen LogP contribution < -0.4 is 4.74 Å². The average molecular weight is 419 g/mol. The summed E-state index contributed by atoms with van der Waals surface area (Å²) in [6.07, 6.45) is 3.59. The fraction of sp³-hybridized carbons (Fsp3) is 0.118. The predicted octanol–water partition coefficient (Wildman–Crippen LogP) is 3.93. The summed E-state index contributed by atoms with van der Waals surface area (Å²) in [5.74, 6) is 1.54. The van der Waals surface area contributed by atoms with Crippen molar-refractivity contribution >= 4 is 33.9 Å². The summed E-state index contributed by atoms with van der Waals surface area (Å²) in [7, 11) is 0. The van der Waals surface area contributed by atoms with Crippen molar-refractivity contribution in [3.8, 4) is 11.5 Å². The lowest BCUT2D eigenvalue weighted by Crippen LogP contribution is -2.04. The van der Waals surface area contributed by atoms with Crippen LogP contribution in [0.2, 0.25) is 0 Å². The Hall–Kier alpha value is -2.32. The minimum Gasteiger partial charge on any atom is -0.507 e. The molecule has 0 radical (unpaired) electrons. The molecule has 1 N–H and O–H groups in total. The lowest BCUT2D eigenvalue weighted by atomic mass is 10.2. The van der Waals surface area contributed by atoms with E-state index in [0.29, 0.717) is 15.5 Å². The van der Waals surface area contributed by atoms with Crippen molar-refractivity contribution in [2.75, 3.05) is 6.26 Å². The molecule has 1 aromatic heterocycles. The van der Waals surface area contributed by atoms with Crippen LogP contribution in [-0.2, 0) is 6.61 Å². The first-order valence-corrected chi connectivity index (χ1v) is 9.38. The van der Waals surface area contributed by atoms with Crippen molar-refractivity contribution in [3.63, 3.8) is 0 Å². The van der Waals surface area contributed by atoms with Crippen LogP contribution in [0.4, 0.5) is 0 Å². The van der Waals surface area contributed by atoms with Gasteiger partial charge in [0.1, 0.15) is 18.1 Å². The van der Waals surface area contributed by atoms with Gasteiger partial charge in [0.15, 0.2) is 5.82 Å². The van der Waals surface area contributed by atoms with E-state index in [9.17, 15) is 5.11 Å². The van der Waals surface area contributed by atoms with E-state index in [4.69, 9.17) is 4.74 Å². The predicted molar refractivity (Wildman–Crippen MR) is 101 cm³/mol. The zero-order valence-corrected chi connectivity index (χ0v) is 15.7. The number of thioether (sulfide) groups is 1. The minimum atomic E-state index is 0.184. The van der Waals surface area contributed by atoms with Gasteiger partial charge in [0, 0.05) is 0 Å². The summed E-state index contributed by atoms with van der Waals surface area (Å²) in [6, 6.07) is 14.7. The third kappa shape index (κ3) is 4.40. The molecular formula is C17H15BrN4O2S. The molecule has 0 bridgehead atoms. The molecule has 2 aromatic carbocycles. The number of halogens is 1. The highest BCUT2D eigenvalue weighted by molar-refractivity contribution is 9.10. The van der Waals surface area contributed by atoms with E-state index in [2.05, 4.69) is 31.2 Å². The number of phenols is 1. The molecule has 0 spiro atoms. The molecule has 0 aliphatic carbocycles. The van der Waals surface area contributed by atoms with Gasteiger partial charge in [-0.1, -0.05) is 30.0 Å². The van der Waals surface area contributed by atoms with Crippen molar-refractivity contribution < 1.29 is 9.84 Å². The molecule has 0 aliphatic rings. The highest BCUT2D eigenvalue weighted by Crippen LogP contribution is 2.23. The first-order valence-electron chi connectivity index (χ1n) is 7.36. The van der Waals surface area contributed by atoms with Crippen LogP contribution in [0.25, 0.3) is 0 Å². The second-order valence-electron chi connectivity index (χ2n) is 4.97. The maximum Gasteiger partial charge on any atom is 0.211 e. The van der Waals surface area contributed by atoms with Gasteiger partial charge in [0.25, 0.3) is 0 Å². The SMILES string of the molecule is CSc1nnc(COc2ccccc2)n1/N=C\c1ccc(O)c(Br)c1. The molecule has 3 rings (SSSR count). The van der Waals surface area contributed by atoms with Crippen molar-refractivity contribution in [3.05, 3.63) is 64.4 Å². The molecule has 0 amide bonds. The molecule has 0 saturated carbocycles. The van der Waals surface area contributed by atoms with Gasteiger partial charge < -0.3 is 9.84 Å². The molecule has 25 heavy (non-hydrogen) atoms. The van der Waals surface area contributed by atoms with Crippen molar-refractivity contribution in [1.82, 2.24) is 14.9 Å². The summed E-state index contributed by atoms with van der Waals surface area (Å²) in [4.78, 5) is 0. The topological polar surface area (TPSA) is 72.5 Å². The molecule has 0 saturated heterocycles. The Morgan fingerprint density at radius 3 is 2.76 bits per heavy atom. The first-order chi connectivity index (χ1) is 12.2. The molecule has 8 heteroatoms. The van der Waals surface area contributed by atoms with Gasteiger partial charge in [-0.15, -0.1) is 10.2 Å². The monoisotopic (exact) mass is 418 g/mol. The maximum atomic E-state index is 9.56. The third-order valence-corrected chi connectivity index (χ3v) is 4.52. The number of hydrogen-bond acceptors (Lipinski definition) is 6. The average Bonchev–Trinajstić information content (AvgIpc) is 3.04. The van der Waals surface area contributed by atoms with Gasteiger partial charge in [-0.2, -0.15) is 9.78 Å². The number of ether oxygens (including phenoxy) is 1. The van der Waals surface area contributed by atoms with Crippen LogP contribution in [0.3, 0.4) is 0 Å². The van der Waals surface area contributed by atoms with Crippen LogP contribution in [0.5, 0.6) is 11.5 Å². The normalized spacial score (nSPS) is 11.1. The highest BCUT2D eigenvalue weighted by atomic mass is 79.9. The lowest BCUT2D eigenvalue weighted by molar-refractivity contribution is 0.290. The quantitative estimate of drug-likeness (QED) is 0.484. The standard InChI is InChI=1S/C17H15BrN4O2S/c1-25-17-21-20-16(11-24-13-5-3-2-4-6-13)22(17)19-10-12-7-8-15(23)14(18)9-12/h2-10,23H,11H2,1H3/b19-10-. The molecular weight excluding hydrogens is 404 g/mol. The lowest BCUT2D eigenvalue weighted by Gasteiger charge is -2.06. The Morgan fingerprint density at radius 2 is 2.04 bits per heavy atom. The molecule has 0 unspecified atom stereocenters. The number of para-hydroxylation sites is 1. The van der Waals surface area contributed by atoms with E-state index in [1.807, 2.05) is 36.6 Å². The van der Waals surface area contributed by atoms with Crippen molar-refractivity contribution in [1.29, 1.82) is 0 Å². The van der Waals surface area contributed by atoms with Crippen LogP contribution in [0.1, 0.15) is 11.4 Å². The largest absolute Gasteiger partial charge is 0.507 e. The number of hydrogen-bond donors (Lipinski definition) is 1. The molecule has 0 aliphatic heterocycles. The van der Waals surface area contributed by atoms with Crippen molar-refractivity contribution in [2.24, 2.45) is 5.10 Å². The van der Waals surface area contributed by atoms with E-state index in [-0.39, 0.29) is 12.4 Å². The molecule has 6 nitrogen and oxygen atoms in total. The smallest absolute Gasteiger partial charge is 0.211 e. The Balaban J connectivity index is 1.80. The number of phenolic OH excluding ortho intramolecular Hbond substituents is 1. The zero-order valence-electron chi connectivity index (χ0n) is 13.3. The molecule has 3 aromatic rings. The number of nitrogens with zero attached hydrogens (tertiary/aromatic N) is 4. The van der Waals surface area contributed by atoms with E-state index in [1.54, 1.807) is 29.1 Å². The Kier molecular flexibility index (Phi) is 5.72. The second-order valence-corrected chi connectivity index (χ2v) is 6.60. The van der Waals surface area contributed by atoms with Gasteiger partial charge in [-0.05, 0) is 58.1 Å². The molecule has 128 valence electrons. The first kappa shape index (κ1) is 17.5. The molecule has 1 heterocycles. The fourth-order valence-corrected chi connectivity index (χ4v) is 2.87. The van der Waals surface area contributed by atoms with Gasteiger partial charge >= 0.3 is 0 Å². The highest BCUT2D eigenvalue weighted by Gasteiger charge is 2.11. The van der Waals surface area contributed by atoms with Crippen LogP contribution in [-0.4, -0.2) is 32.5 Å². The number of rotatable bonds is 6. The molecule has 0 atom stereocenters. The molecule has 0 fully saturated rings. The van der Waals surface area contributed by atoms with Crippen LogP contribution in [0, 0.1) is 0 Å². The van der Waals surface area contributed by atoms with E-state index in [0.717, 1.165) is 11.3 Å². The summed E-state index contributed by atoms with van der Waals surface area (Å²) in [5, 5.41) is 23.0. The van der Waals surface area contributed by atoms with E-state index < -0.39 is 0 Å². The van der Waals surface area contributed by atoms with Crippen molar-refractivity contribution in [2.45, 2.75) is 11.8 Å². The number of aromatic hydroxyl groups is 1. The summed E-state index contributed by atoms with van der Waals surface area (Å²) in [6.45, 7) is 0.258. The second kappa shape index (κ2) is 8.17. The summed E-state index contributed by atoms with van der Waals surface area (Å²) in [5.41, 5.74) is 0.834. The Labute approximate surface area is 157 Å². The third-order valence-electron chi connectivity index (χ3n) is 3.26. The summed E-state index contributed by atoms with van der Waals surface area (Å²) >= 11 is 4.74. The van der Waals surface area contributed by atoms with Gasteiger partial charge in [0.2, 0.25) is 5.16 Å². The van der Waals surface area contributed by atoms with Crippen LogP contribution in [0.15, 0.2) is 63.3 Å². The summed E-state index contributed by atoms with van der Waals surface area (Å²) < 4.78 is 7.99. The van der Waals surface area contributed by atoms with Gasteiger partial charge in [-0.3, -0.25) is 0 Å². The Bertz CT molecular complexity index is 884. The number of aromatic nitrogens is 3. The number of benzene rings is 2. The van der Waals surface area contributed by atoms with Gasteiger partial charge in [0.05, 0.1) is 10.7 Å². The zero-order chi connectivity index (χ0) is 17.6. The van der Waals surface area contributed by atoms with Gasteiger partial charge in [-0.25, -0.2) is 0 Å². The Morgan fingerprint density at radius 1 is 1.24 bits per heavy atom.